The molecule has 0 saturated heterocycles. The highest BCUT2D eigenvalue weighted by Gasteiger charge is 2.35. The van der Waals surface area contributed by atoms with E-state index < -0.39 is 11.9 Å². The minimum atomic E-state index is -1.07. The number of fused-ring (bicyclic) bond motifs is 1. The molecular weight excluding hydrogens is 296 g/mol. The van der Waals surface area contributed by atoms with Gasteiger partial charge in [0.25, 0.3) is 5.56 Å². The molecule has 1 unspecified atom stereocenters. The van der Waals surface area contributed by atoms with Crippen LogP contribution in [0.2, 0.25) is 0 Å². The molecule has 1 aliphatic heterocycles. The number of aliphatic carboxylic acids is 1. The van der Waals surface area contributed by atoms with Gasteiger partial charge in [0.05, 0.1) is 24.2 Å². The fourth-order valence-corrected chi connectivity index (χ4v) is 3.02. The van der Waals surface area contributed by atoms with Crippen molar-refractivity contribution in [3.63, 3.8) is 0 Å². The number of para-hydroxylation sites is 1. The quantitative estimate of drug-likeness (QED) is 0.809. The molecule has 3 N–H and O–H groups in total. The number of aromatic nitrogens is 1. The van der Waals surface area contributed by atoms with Crippen LogP contribution in [-0.4, -0.2) is 23.2 Å². The van der Waals surface area contributed by atoms with Crippen LogP contribution in [0.15, 0.2) is 52.6 Å². The third-order valence-corrected chi connectivity index (χ3v) is 3.98. The first kappa shape index (κ1) is 14.9. The van der Waals surface area contributed by atoms with Gasteiger partial charge in [-0.2, -0.15) is 0 Å². The van der Waals surface area contributed by atoms with Gasteiger partial charge < -0.3 is 20.1 Å². The lowest BCUT2D eigenvalue weighted by Crippen LogP contribution is -2.29. The van der Waals surface area contributed by atoms with Crippen molar-refractivity contribution in [1.82, 2.24) is 4.98 Å². The number of hydrogen-bond donors (Lipinski definition) is 3. The summed E-state index contributed by atoms with van der Waals surface area (Å²) >= 11 is 0. The Kier molecular flexibility index (Phi) is 3.65. The second kappa shape index (κ2) is 5.64. The number of H-pyrrole nitrogens is 1. The van der Waals surface area contributed by atoms with Crippen molar-refractivity contribution in [3.05, 3.63) is 69.3 Å². The van der Waals surface area contributed by atoms with E-state index >= 15 is 0 Å². The van der Waals surface area contributed by atoms with Gasteiger partial charge in [-0.3, -0.25) is 4.79 Å². The van der Waals surface area contributed by atoms with Gasteiger partial charge in [0.2, 0.25) is 0 Å². The molecule has 118 valence electrons. The molecule has 0 bridgehead atoms. The Morgan fingerprint density at radius 1 is 1.26 bits per heavy atom. The first-order valence-corrected chi connectivity index (χ1v) is 7.10. The molecule has 6 nitrogen and oxygen atoms in total. The monoisotopic (exact) mass is 312 g/mol. The van der Waals surface area contributed by atoms with E-state index in [1.807, 2.05) is 0 Å². The lowest BCUT2D eigenvalue weighted by Gasteiger charge is -2.29. The minimum absolute atomic E-state index is 0.138. The number of allylic oxidation sites excluding steroid dienone is 1. The normalized spacial score (nSPS) is 16.5. The first-order chi connectivity index (χ1) is 11.0. The topological polar surface area (TPSA) is 91.4 Å². The average Bonchev–Trinajstić information content (AvgIpc) is 2.53. The number of hydrogen-bond acceptors (Lipinski definition) is 4. The molecule has 3 rings (SSSR count). The van der Waals surface area contributed by atoms with Crippen molar-refractivity contribution in [2.75, 3.05) is 12.4 Å². The summed E-state index contributed by atoms with van der Waals surface area (Å²) in [5.74, 6) is -1.23. The number of benzene rings is 1. The molecule has 0 spiro atoms. The summed E-state index contributed by atoms with van der Waals surface area (Å²) in [5.41, 5.74) is 1.95. The molecule has 6 heteroatoms. The van der Waals surface area contributed by atoms with E-state index in [2.05, 4.69) is 10.3 Å². The molecule has 2 aromatic rings. The summed E-state index contributed by atoms with van der Waals surface area (Å²) in [6.07, 6.45) is 1.53. The number of nitrogens with one attached hydrogen (secondary N) is 2. The van der Waals surface area contributed by atoms with E-state index in [0.717, 1.165) is 0 Å². The molecule has 1 aromatic heterocycles. The van der Waals surface area contributed by atoms with E-state index in [-0.39, 0.29) is 11.1 Å². The van der Waals surface area contributed by atoms with Gasteiger partial charge in [-0.1, -0.05) is 18.2 Å². The van der Waals surface area contributed by atoms with Crippen LogP contribution in [-0.2, 0) is 4.79 Å². The number of carboxylic acid groups (broad SMARTS) is 1. The van der Waals surface area contributed by atoms with Crippen LogP contribution in [0.3, 0.4) is 0 Å². The van der Waals surface area contributed by atoms with Crippen LogP contribution in [0.25, 0.3) is 0 Å². The highest BCUT2D eigenvalue weighted by atomic mass is 16.5. The summed E-state index contributed by atoms with van der Waals surface area (Å²) in [7, 11) is 1.52. The Hall–Kier alpha value is -3.02. The molecule has 1 aliphatic rings. The second-order valence-corrected chi connectivity index (χ2v) is 5.28. The molecule has 1 atom stereocenters. The maximum absolute atomic E-state index is 12.4. The summed E-state index contributed by atoms with van der Waals surface area (Å²) in [6, 6.07) is 8.85. The van der Waals surface area contributed by atoms with E-state index in [0.29, 0.717) is 28.3 Å². The number of rotatable bonds is 3. The molecule has 0 fully saturated rings. The van der Waals surface area contributed by atoms with Crippen LogP contribution in [0, 0.1) is 0 Å². The lowest BCUT2D eigenvalue weighted by atomic mass is 9.81. The number of carboxylic acids is 1. The van der Waals surface area contributed by atoms with Gasteiger partial charge in [0.1, 0.15) is 5.75 Å². The Morgan fingerprint density at radius 2 is 2.00 bits per heavy atom. The van der Waals surface area contributed by atoms with Crippen molar-refractivity contribution in [1.29, 1.82) is 0 Å². The van der Waals surface area contributed by atoms with Gasteiger partial charge in [-0.25, -0.2) is 4.79 Å². The zero-order valence-corrected chi connectivity index (χ0v) is 12.7. The number of pyridine rings is 1. The van der Waals surface area contributed by atoms with E-state index in [1.165, 1.54) is 13.3 Å². The number of ether oxygens (including phenoxy) is 1. The van der Waals surface area contributed by atoms with Crippen LogP contribution in [0.4, 0.5) is 5.69 Å². The van der Waals surface area contributed by atoms with Crippen molar-refractivity contribution in [2.24, 2.45) is 0 Å². The molecule has 2 heterocycles. The molecule has 1 aromatic carbocycles. The Balaban J connectivity index is 2.35. The summed E-state index contributed by atoms with van der Waals surface area (Å²) < 4.78 is 5.37. The third-order valence-electron chi connectivity index (χ3n) is 3.98. The molecule has 0 saturated carbocycles. The Labute approximate surface area is 132 Å². The van der Waals surface area contributed by atoms with Crippen molar-refractivity contribution >= 4 is 11.7 Å². The fourth-order valence-electron chi connectivity index (χ4n) is 3.02. The first-order valence-electron chi connectivity index (χ1n) is 7.10. The van der Waals surface area contributed by atoms with Gasteiger partial charge in [-0.15, -0.1) is 0 Å². The highest BCUT2D eigenvalue weighted by Crippen LogP contribution is 2.42. The van der Waals surface area contributed by atoms with Crippen LogP contribution in [0.1, 0.15) is 24.0 Å². The largest absolute Gasteiger partial charge is 0.496 e. The van der Waals surface area contributed by atoms with Gasteiger partial charge in [0, 0.05) is 23.1 Å². The molecular formula is C17H16N2O4. The Morgan fingerprint density at radius 3 is 2.70 bits per heavy atom. The van der Waals surface area contributed by atoms with Crippen molar-refractivity contribution in [2.45, 2.75) is 12.8 Å². The predicted octanol–water partition coefficient (Wildman–Crippen LogP) is 2.30. The lowest BCUT2D eigenvalue weighted by molar-refractivity contribution is -0.132. The van der Waals surface area contributed by atoms with Gasteiger partial charge in [0.15, 0.2) is 0 Å². The van der Waals surface area contributed by atoms with E-state index in [9.17, 15) is 14.7 Å². The van der Waals surface area contributed by atoms with Crippen LogP contribution < -0.4 is 15.6 Å². The smallest absolute Gasteiger partial charge is 0.334 e. The summed E-state index contributed by atoms with van der Waals surface area (Å²) in [6.45, 7) is 1.69. The van der Waals surface area contributed by atoms with Crippen molar-refractivity contribution in [3.8, 4) is 5.75 Å². The molecule has 0 aliphatic carbocycles. The number of methoxy groups -OCH3 is 1. The average molecular weight is 312 g/mol. The fraction of sp³-hybridized carbons (Fsp3) is 0.176. The Bertz CT molecular complexity index is 867. The molecule has 23 heavy (non-hydrogen) atoms. The van der Waals surface area contributed by atoms with Crippen LogP contribution >= 0.6 is 0 Å². The number of anilines is 1. The van der Waals surface area contributed by atoms with E-state index in [4.69, 9.17) is 4.74 Å². The standard InChI is InChI=1S/C17H16N2O4/c1-9-13(17(21)22)14(10-5-3-4-6-12(10)23-2)15-11(19-9)7-8-18-16(15)20/h3-8,14,19H,1-2H3,(H,18,20)(H,21,22). The van der Waals surface area contributed by atoms with Crippen molar-refractivity contribution < 1.29 is 14.6 Å². The second-order valence-electron chi connectivity index (χ2n) is 5.28. The molecule has 0 amide bonds. The zero-order valence-electron chi connectivity index (χ0n) is 12.7. The van der Waals surface area contributed by atoms with Gasteiger partial charge in [-0.05, 0) is 19.1 Å². The SMILES string of the molecule is COc1ccccc1C1C(C(=O)O)=C(C)Nc2cc[nH]c(=O)c21. The molecule has 0 radical (unpaired) electrons. The van der Waals surface area contributed by atoms with E-state index in [1.54, 1.807) is 37.3 Å². The minimum Gasteiger partial charge on any atom is -0.496 e. The number of carbonyl (C=O) groups is 1. The maximum Gasteiger partial charge on any atom is 0.334 e. The number of aromatic amines is 1. The summed E-state index contributed by atoms with van der Waals surface area (Å²) in [5, 5.41) is 12.7. The maximum atomic E-state index is 12.4. The zero-order chi connectivity index (χ0) is 16.6. The highest BCUT2D eigenvalue weighted by molar-refractivity contribution is 5.93. The summed E-state index contributed by atoms with van der Waals surface area (Å²) in [4.78, 5) is 26.8. The van der Waals surface area contributed by atoms with Gasteiger partial charge >= 0.3 is 5.97 Å². The third kappa shape index (κ3) is 2.38. The predicted molar refractivity (Wildman–Crippen MR) is 85.9 cm³/mol. The van der Waals surface area contributed by atoms with Crippen LogP contribution in [0.5, 0.6) is 5.75 Å².